The van der Waals surface area contributed by atoms with Gasteiger partial charge < -0.3 is 0 Å². The maximum atomic E-state index is 4.37. The molecule has 0 radical (unpaired) electrons. The molecule has 2 heteroatoms. The summed E-state index contributed by atoms with van der Waals surface area (Å²) in [7, 11) is 0. The minimum absolute atomic E-state index is 0.867. The number of hydrogen-bond donors (Lipinski definition) is 0. The second-order valence-corrected chi connectivity index (χ2v) is 3.93. The van der Waals surface area contributed by atoms with E-state index in [1.807, 2.05) is 6.20 Å². The molecule has 0 bridgehead atoms. The monoisotopic (exact) mass is 164 g/mol. The van der Waals surface area contributed by atoms with Gasteiger partial charge in [-0.05, 0) is 37.7 Å². The van der Waals surface area contributed by atoms with Crippen molar-refractivity contribution in [1.29, 1.82) is 0 Å². The third kappa shape index (κ3) is 1.26. The van der Waals surface area contributed by atoms with E-state index < -0.39 is 0 Å². The van der Waals surface area contributed by atoms with Crippen LogP contribution in [0.25, 0.3) is 0 Å². The van der Waals surface area contributed by atoms with Crippen LogP contribution in [0.2, 0.25) is 0 Å². The number of fused-ring (bicyclic) bond motifs is 1. The van der Waals surface area contributed by atoms with Crippen LogP contribution in [0.3, 0.4) is 0 Å². The largest absolute Gasteiger partial charge is 0.269 e. The van der Waals surface area contributed by atoms with E-state index in [2.05, 4.69) is 23.6 Å². The first-order chi connectivity index (χ1) is 5.77. The predicted octanol–water partition coefficient (Wildman–Crippen LogP) is 2.16. The van der Waals surface area contributed by atoms with E-state index in [0.717, 1.165) is 12.5 Å². The van der Waals surface area contributed by atoms with Gasteiger partial charge in [0.25, 0.3) is 0 Å². The molecule has 0 aromatic carbocycles. The Morgan fingerprint density at radius 3 is 3.17 bits per heavy atom. The van der Waals surface area contributed by atoms with E-state index >= 15 is 0 Å². The highest BCUT2D eigenvalue weighted by atomic mass is 15.3. The van der Waals surface area contributed by atoms with Gasteiger partial charge >= 0.3 is 0 Å². The van der Waals surface area contributed by atoms with E-state index in [1.54, 1.807) is 0 Å². The highest BCUT2D eigenvalue weighted by Gasteiger charge is 2.14. The minimum Gasteiger partial charge on any atom is -0.269 e. The van der Waals surface area contributed by atoms with Gasteiger partial charge in [0, 0.05) is 12.2 Å². The zero-order valence-corrected chi connectivity index (χ0v) is 7.88. The summed E-state index contributed by atoms with van der Waals surface area (Å²) in [6.07, 6.45) is 5.82. The molecule has 2 nitrogen and oxygen atoms in total. The van der Waals surface area contributed by atoms with Crippen molar-refractivity contribution in [2.24, 2.45) is 5.92 Å². The fourth-order valence-electron chi connectivity index (χ4n) is 1.89. The fourth-order valence-corrected chi connectivity index (χ4v) is 1.89. The highest BCUT2D eigenvalue weighted by Crippen LogP contribution is 2.20. The Labute approximate surface area is 73.6 Å². The van der Waals surface area contributed by atoms with Crippen molar-refractivity contribution in [2.75, 3.05) is 0 Å². The topological polar surface area (TPSA) is 17.8 Å². The van der Waals surface area contributed by atoms with Crippen LogP contribution in [0.4, 0.5) is 0 Å². The van der Waals surface area contributed by atoms with Gasteiger partial charge in [0.15, 0.2) is 0 Å². The first kappa shape index (κ1) is 7.84. The molecule has 2 heterocycles. The predicted molar refractivity (Wildman–Crippen MR) is 49.1 cm³/mol. The SMILES string of the molecule is Cc1cnn2c1CCC(C)CC2. The van der Waals surface area contributed by atoms with Gasteiger partial charge in [-0.1, -0.05) is 6.92 Å². The molecule has 12 heavy (non-hydrogen) atoms. The Morgan fingerprint density at radius 2 is 2.33 bits per heavy atom. The molecule has 0 amide bonds. The minimum atomic E-state index is 0.867. The lowest BCUT2D eigenvalue weighted by molar-refractivity contribution is 0.471. The van der Waals surface area contributed by atoms with Crippen LogP contribution in [0.5, 0.6) is 0 Å². The quantitative estimate of drug-likeness (QED) is 0.574. The molecule has 1 aromatic rings. The average molecular weight is 164 g/mol. The van der Waals surface area contributed by atoms with Gasteiger partial charge in [-0.25, -0.2) is 0 Å². The third-order valence-electron chi connectivity index (χ3n) is 2.87. The van der Waals surface area contributed by atoms with Crippen molar-refractivity contribution in [3.8, 4) is 0 Å². The zero-order chi connectivity index (χ0) is 8.55. The molecule has 0 saturated heterocycles. The Hall–Kier alpha value is -0.790. The molecule has 1 aliphatic heterocycles. The van der Waals surface area contributed by atoms with E-state index in [1.165, 1.54) is 30.5 Å². The van der Waals surface area contributed by atoms with E-state index in [-0.39, 0.29) is 0 Å². The molecule has 1 unspecified atom stereocenters. The molecule has 1 aromatic heterocycles. The lowest BCUT2D eigenvalue weighted by Crippen LogP contribution is -2.02. The van der Waals surface area contributed by atoms with Crippen molar-refractivity contribution in [1.82, 2.24) is 9.78 Å². The van der Waals surface area contributed by atoms with Crippen molar-refractivity contribution >= 4 is 0 Å². The van der Waals surface area contributed by atoms with Crippen molar-refractivity contribution in [3.63, 3.8) is 0 Å². The number of aromatic nitrogens is 2. The van der Waals surface area contributed by atoms with E-state index in [4.69, 9.17) is 0 Å². The molecule has 66 valence electrons. The first-order valence-electron chi connectivity index (χ1n) is 4.78. The Morgan fingerprint density at radius 1 is 1.50 bits per heavy atom. The zero-order valence-electron chi connectivity index (χ0n) is 7.88. The Kier molecular flexibility index (Phi) is 1.91. The second kappa shape index (κ2) is 2.92. The summed E-state index contributed by atoms with van der Waals surface area (Å²) in [5.41, 5.74) is 2.82. The number of nitrogens with zero attached hydrogens (tertiary/aromatic N) is 2. The summed E-state index contributed by atoms with van der Waals surface area (Å²) in [4.78, 5) is 0. The van der Waals surface area contributed by atoms with Crippen molar-refractivity contribution < 1.29 is 0 Å². The van der Waals surface area contributed by atoms with Crippen molar-refractivity contribution in [2.45, 2.75) is 39.7 Å². The fraction of sp³-hybridized carbons (Fsp3) is 0.700. The van der Waals surface area contributed by atoms with Crippen LogP contribution in [0, 0.1) is 12.8 Å². The molecule has 0 aliphatic carbocycles. The maximum absolute atomic E-state index is 4.37. The average Bonchev–Trinajstić information content (AvgIpc) is 2.28. The van der Waals surface area contributed by atoms with Crippen LogP contribution in [-0.2, 0) is 13.0 Å². The molecule has 0 N–H and O–H groups in total. The molecular formula is C10H16N2. The number of rotatable bonds is 0. The molecule has 2 rings (SSSR count). The van der Waals surface area contributed by atoms with Gasteiger partial charge in [-0.2, -0.15) is 5.10 Å². The summed E-state index contributed by atoms with van der Waals surface area (Å²) < 4.78 is 2.18. The highest BCUT2D eigenvalue weighted by molar-refractivity contribution is 5.16. The number of aryl methyl sites for hydroxylation is 2. The van der Waals surface area contributed by atoms with E-state index in [0.29, 0.717) is 0 Å². The van der Waals surface area contributed by atoms with Crippen LogP contribution in [0.1, 0.15) is 31.0 Å². The molecule has 1 atom stereocenters. The summed E-state index contributed by atoms with van der Waals surface area (Å²) in [5.74, 6) is 0.867. The van der Waals surface area contributed by atoms with Crippen molar-refractivity contribution in [3.05, 3.63) is 17.5 Å². The summed E-state index contributed by atoms with van der Waals surface area (Å²) in [5, 5.41) is 4.37. The van der Waals surface area contributed by atoms with Gasteiger partial charge in [-0.3, -0.25) is 4.68 Å². The molecule has 1 aliphatic rings. The second-order valence-electron chi connectivity index (χ2n) is 3.93. The molecule has 0 spiro atoms. The van der Waals surface area contributed by atoms with E-state index in [9.17, 15) is 0 Å². The van der Waals surface area contributed by atoms with Gasteiger partial charge in [0.2, 0.25) is 0 Å². The van der Waals surface area contributed by atoms with Crippen LogP contribution < -0.4 is 0 Å². The van der Waals surface area contributed by atoms with Gasteiger partial charge in [0.05, 0.1) is 6.20 Å². The molecular weight excluding hydrogens is 148 g/mol. The summed E-state index contributed by atoms with van der Waals surface area (Å²) in [6.45, 7) is 5.61. The van der Waals surface area contributed by atoms with Gasteiger partial charge in [-0.15, -0.1) is 0 Å². The lowest BCUT2D eigenvalue weighted by atomic mass is 10.0. The first-order valence-corrected chi connectivity index (χ1v) is 4.78. The van der Waals surface area contributed by atoms with Gasteiger partial charge in [0.1, 0.15) is 0 Å². The maximum Gasteiger partial charge on any atom is 0.0521 e. The summed E-state index contributed by atoms with van der Waals surface area (Å²) in [6, 6.07) is 0. The van der Waals surface area contributed by atoms with Crippen LogP contribution in [-0.4, -0.2) is 9.78 Å². The number of hydrogen-bond acceptors (Lipinski definition) is 1. The lowest BCUT2D eigenvalue weighted by Gasteiger charge is -2.03. The standard InChI is InChI=1S/C10H16N2/c1-8-3-4-10-9(2)7-11-12(10)6-5-8/h7-8H,3-6H2,1-2H3. The van der Waals surface area contributed by atoms with Crippen LogP contribution >= 0.6 is 0 Å². The molecule has 0 fully saturated rings. The third-order valence-corrected chi connectivity index (χ3v) is 2.87. The molecule has 0 saturated carbocycles. The van der Waals surface area contributed by atoms with Crippen LogP contribution in [0.15, 0.2) is 6.20 Å². The smallest absolute Gasteiger partial charge is 0.0521 e. The Bertz CT molecular complexity index is 275. The summed E-state index contributed by atoms with van der Waals surface area (Å²) >= 11 is 0. The Balaban J connectivity index is 2.28. The normalized spacial score (nSPS) is 23.3.